The van der Waals surface area contributed by atoms with Crippen LogP contribution in [0.5, 0.6) is 5.75 Å². The van der Waals surface area contributed by atoms with Crippen molar-refractivity contribution in [2.24, 2.45) is 0 Å². The molecule has 0 aromatic heterocycles. The van der Waals surface area contributed by atoms with Gasteiger partial charge >= 0.3 is 6.36 Å². The number of benzene rings is 1. The maximum atomic E-state index is 12.4. The molecule has 1 aromatic carbocycles. The Morgan fingerprint density at radius 1 is 1.26 bits per heavy atom. The van der Waals surface area contributed by atoms with Crippen LogP contribution in [-0.2, 0) is 4.79 Å². The van der Waals surface area contributed by atoms with E-state index in [0.717, 1.165) is 25.7 Å². The lowest BCUT2D eigenvalue weighted by Gasteiger charge is -2.24. The number of nitrogens with zero attached hydrogens (tertiary/aromatic N) is 1. The molecule has 1 amide bonds. The normalized spacial score (nSPS) is 19.1. The van der Waals surface area contributed by atoms with Crippen molar-refractivity contribution in [1.29, 1.82) is 0 Å². The van der Waals surface area contributed by atoms with Gasteiger partial charge < -0.3 is 10.1 Å². The number of anilines is 2. The van der Waals surface area contributed by atoms with Crippen LogP contribution in [0.1, 0.15) is 32.1 Å². The van der Waals surface area contributed by atoms with Crippen molar-refractivity contribution in [2.75, 3.05) is 16.9 Å². The third-order valence-electron chi connectivity index (χ3n) is 4.03. The molecule has 2 N–H and O–H groups in total. The van der Waals surface area contributed by atoms with Crippen LogP contribution in [0.15, 0.2) is 18.2 Å². The van der Waals surface area contributed by atoms with Crippen molar-refractivity contribution in [3.63, 3.8) is 0 Å². The van der Waals surface area contributed by atoms with Gasteiger partial charge in [-0.1, -0.05) is 12.8 Å². The van der Waals surface area contributed by atoms with E-state index in [1.807, 2.05) is 0 Å². The first kappa shape index (κ1) is 15.8. The first-order valence-corrected chi connectivity index (χ1v) is 7.64. The number of rotatable bonds is 4. The lowest BCUT2D eigenvalue weighted by Crippen LogP contribution is -2.34. The Balaban J connectivity index is 1.85. The summed E-state index contributed by atoms with van der Waals surface area (Å²) in [5.74, 6) is -0.375. The molecule has 8 heteroatoms. The smallest absolute Gasteiger partial charge is 0.406 e. The average Bonchev–Trinajstić information content (AvgIpc) is 3.09. The maximum absolute atomic E-state index is 12.4. The number of carbonyl (C=O) groups excluding carboxylic acids is 1. The number of carbonyl (C=O) groups is 1. The predicted octanol–water partition coefficient (Wildman–Crippen LogP) is 3.18. The summed E-state index contributed by atoms with van der Waals surface area (Å²) < 4.78 is 41.3. The van der Waals surface area contributed by atoms with Gasteiger partial charge in [0, 0.05) is 25.1 Å². The molecule has 0 spiro atoms. The number of nitrogens with one attached hydrogen (secondary N) is 2. The first-order chi connectivity index (χ1) is 10.9. The Morgan fingerprint density at radius 2 is 2.00 bits per heavy atom. The average molecular weight is 329 g/mol. The van der Waals surface area contributed by atoms with Gasteiger partial charge in [0.05, 0.1) is 11.4 Å². The molecule has 1 saturated carbocycles. The summed E-state index contributed by atoms with van der Waals surface area (Å²) in [5.41, 5.74) is 3.89. The second kappa shape index (κ2) is 6.17. The summed E-state index contributed by atoms with van der Waals surface area (Å²) in [6, 6.07) is 4.36. The van der Waals surface area contributed by atoms with Gasteiger partial charge in [-0.25, -0.2) is 0 Å². The van der Waals surface area contributed by atoms with Crippen molar-refractivity contribution in [3.05, 3.63) is 18.2 Å². The highest BCUT2D eigenvalue weighted by atomic mass is 19.4. The monoisotopic (exact) mass is 329 g/mol. The molecular formula is C15H18F3N3O2. The van der Waals surface area contributed by atoms with Crippen LogP contribution in [0.2, 0.25) is 0 Å². The SMILES string of the molecule is O=C1CCN(c2ccc(OC(F)(F)F)cc2NC2CCCC2)N1. The van der Waals surface area contributed by atoms with E-state index in [-0.39, 0.29) is 17.7 Å². The molecule has 5 nitrogen and oxygen atoms in total. The first-order valence-electron chi connectivity index (χ1n) is 7.64. The molecule has 23 heavy (non-hydrogen) atoms. The van der Waals surface area contributed by atoms with Gasteiger partial charge in [0.1, 0.15) is 5.75 Å². The third kappa shape index (κ3) is 4.00. The van der Waals surface area contributed by atoms with Gasteiger partial charge in [0.25, 0.3) is 0 Å². The zero-order valence-corrected chi connectivity index (χ0v) is 12.4. The maximum Gasteiger partial charge on any atom is 0.573 e. The number of amides is 1. The molecule has 2 aliphatic rings. The highest BCUT2D eigenvalue weighted by Crippen LogP contribution is 2.35. The highest BCUT2D eigenvalue weighted by Gasteiger charge is 2.32. The van der Waals surface area contributed by atoms with Crippen LogP contribution in [0.25, 0.3) is 0 Å². The molecule has 1 heterocycles. The van der Waals surface area contributed by atoms with Crippen LogP contribution < -0.4 is 20.5 Å². The number of hydrogen-bond donors (Lipinski definition) is 2. The number of hydrazine groups is 1. The molecule has 0 radical (unpaired) electrons. The van der Waals surface area contributed by atoms with Crippen LogP contribution in [0.3, 0.4) is 0 Å². The van der Waals surface area contributed by atoms with Crippen molar-refractivity contribution in [2.45, 2.75) is 44.5 Å². The molecule has 126 valence electrons. The van der Waals surface area contributed by atoms with Gasteiger partial charge in [-0.2, -0.15) is 0 Å². The Labute approximate surface area is 131 Å². The summed E-state index contributed by atoms with van der Waals surface area (Å²) in [6.07, 6.45) is -0.192. The quantitative estimate of drug-likeness (QED) is 0.891. The van der Waals surface area contributed by atoms with Crippen LogP contribution in [-0.4, -0.2) is 24.9 Å². The molecule has 3 rings (SSSR count). The van der Waals surface area contributed by atoms with Crippen molar-refractivity contribution in [1.82, 2.24) is 5.43 Å². The zero-order valence-electron chi connectivity index (χ0n) is 12.4. The van der Waals surface area contributed by atoms with Gasteiger partial charge in [-0.05, 0) is 25.0 Å². The van der Waals surface area contributed by atoms with E-state index in [9.17, 15) is 18.0 Å². The van der Waals surface area contributed by atoms with E-state index in [0.29, 0.717) is 24.3 Å². The summed E-state index contributed by atoms with van der Waals surface area (Å²) in [5, 5.41) is 4.94. The largest absolute Gasteiger partial charge is 0.573 e. The van der Waals surface area contributed by atoms with E-state index in [4.69, 9.17) is 0 Å². The lowest BCUT2D eigenvalue weighted by atomic mass is 10.2. The van der Waals surface area contributed by atoms with Crippen molar-refractivity contribution in [3.8, 4) is 5.75 Å². The lowest BCUT2D eigenvalue weighted by molar-refractivity contribution is -0.274. The number of ether oxygens (including phenoxy) is 1. The van der Waals surface area contributed by atoms with Gasteiger partial charge in [-0.15, -0.1) is 13.2 Å². The Kier molecular flexibility index (Phi) is 4.23. The van der Waals surface area contributed by atoms with Crippen LogP contribution >= 0.6 is 0 Å². The molecule has 1 aromatic rings. The fraction of sp³-hybridized carbons (Fsp3) is 0.533. The summed E-state index contributed by atoms with van der Waals surface area (Å²) in [4.78, 5) is 11.4. The van der Waals surface area contributed by atoms with E-state index in [2.05, 4.69) is 15.5 Å². The number of halogens is 3. The number of alkyl halides is 3. The topological polar surface area (TPSA) is 53.6 Å². The Morgan fingerprint density at radius 3 is 2.61 bits per heavy atom. The van der Waals surface area contributed by atoms with Gasteiger partial charge in [-0.3, -0.25) is 15.2 Å². The summed E-state index contributed by atoms with van der Waals surface area (Å²) in [6.45, 7) is 0.484. The minimum Gasteiger partial charge on any atom is -0.406 e. The molecular weight excluding hydrogens is 311 g/mol. The van der Waals surface area contributed by atoms with Crippen molar-refractivity contribution < 1.29 is 22.7 Å². The van der Waals surface area contributed by atoms with E-state index in [1.54, 1.807) is 5.01 Å². The standard InChI is InChI=1S/C15H18F3N3O2/c16-15(17,18)23-11-5-6-13(21-8-7-14(22)20-21)12(9-11)19-10-3-1-2-4-10/h5-6,9-10,19H,1-4,7-8H2,(H,20,22). The van der Waals surface area contributed by atoms with E-state index in [1.165, 1.54) is 18.2 Å². The minimum absolute atomic E-state index is 0.104. The number of hydrogen-bond acceptors (Lipinski definition) is 4. The Hall–Kier alpha value is -2.12. The minimum atomic E-state index is -4.73. The molecule has 0 bridgehead atoms. The fourth-order valence-corrected chi connectivity index (χ4v) is 3.01. The Bertz CT molecular complexity index is 586. The molecule has 1 aliphatic carbocycles. The van der Waals surface area contributed by atoms with Crippen LogP contribution in [0.4, 0.5) is 24.5 Å². The molecule has 1 aliphatic heterocycles. The van der Waals surface area contributed by atoms with E-state index >= 15 is 0 Å². The van der Waals surface area contributed by atoms with E-state index < -0.39 is 6.36 Å². The summed E-state index contributed by atoms with van der Waals surface area (Å²) in [7, 11) is 0. The molecule has 0 atom stereocenters. The molecule has 0 unspecified atom stereocenters. The van der Waals surface area contributed by atoms with Crippen LogP contribution in [0, 0.1) is 0 Å². The van der Waals surface area contributed by atoms with Gasteiger partial charge in [0.2, 0.25) is 5.91 Å². The fourth-order valence-electron chi connectivity index (χ4n) is 3.01. The second-order valence-electron chi connectivity index (χ2n) is 5.79. The van der Waals surface area contributed by atoms with Gasteiger partial charge in [0.15, 0.2) is 0 Å². The summed E-state index contributed by atoms with van der Waals surface area (Å²) >= 11 is 0. The third-order valence-corrected chi connectivity index (χ3v) is 4.03. The molecule has 2 fully saturated rings. The second-order valence-corrected chi connectivity index (χ2v) is 5.79. The van der Waals surface area contributed by atoms with Crippen molar-refractivity contribution >= 4 is 17.3 Å². The highest BCUT2D eigenvalue weighted by molar-refractivity contribution is 5.84. The zero-order chi connectivity index (χ0) is 16.4. The predicted molar refractivity (Wildman–Crippen MR) is 79.1 cm³/mol. The molecule has 1 saturated heterocycles.